The molecule has 0 aliphatic heterocycles. The highest BCUT2D eigenvalue weighted by molar-refractivity contribution is 6.27. The maximum atomic E-state index is 7.12. The average Bonchev–Trinajstić information content (AvgIpc) is 3.79. The van der Waals surface area contributed by atoms with Crippen LogP contribution in [-0.4, -0.2) is 0 Å². The molecule has 0 atom stereocenters. The first kappa shape index (κ1) is 33.5. The van der Waals surface area contributed by atoms with Crippen molar-refractivity contribution in [2.75, 3.05) is 0 Å². The predicted molar refractivity (Wildman–Crippen MR) is 255 cm³/mol. The summed E-state index contributed by atoms with van der Waals surface area (Å²) in [5.74, 6) is 0. The molecule has 1 heteroatoms. The van der Waals surface area contributed by atoms with Crippen LogP contribution in [0.1, 0.15) is 25.0 Å². The van der Waals surface area contributed by atoms with Crippen LogP contribution in [0.25, 0.3) is 120 Å². The molecular formula is C59H38O. The highest BCUT2D eigenvalue weighted by atomic mass is 16.3. The lowest BCUT2D eigenvalue weighted by molar-refractivity contribution is 0.658. The molecule has 0 saturated carbocycles. The number of fused-ring (bicyclic) bond motifs is 12. The Morgan fingerprint density at radius 1 is 0.317 bits per heavy atom. The summed E-state index contributed by atoms with van der Waals surface area (Å²) in [4.78, 5) is 0. The van der Waals surface area contributed by atoms with Crippen molar-refractivity contribution < 1.29 is 4.42 Å². The van der Waals surface area contributed by atoms with Crippen molar-refractivity contribution >= 4 is 75.8 Å². The van der Waals surface area contributed by atoms with Crippen LogP contribution in [0.4, 0.5) is 0 Å². The fraction of sp³-hybridized carbons (Fsp3) is 0.0508. The van der Waals surface area contributed by atoms with Crippen LogP contribution in [0.3, 0.4) is 0 Å². The Hall–Kier alpha value is -7.48. The minimum Gasteiger partial charge on any atom is -0.455 e. The van der Waals surface area contributed by atoms with Gasteiger partial charge in [-0.2, -0.15) is 0 Å². The van der Waals surface area contributed by atoms with E-state index in [1.165, 1.54) is 120 Å². The Balaban J connectivity index is 1.15. The monoisotopic (exact) mass is 762 g/mol. The van der Waals surface area contributed by atoms with Gasteiger partial charge in [-0.15, -0.1) is 0 Å². The Bertz CT molecular complexity index is 3740. The number of hydrogen-bond acceptors (Lipinski definition) is 1. The first-order chi connectivity index (χ1) is 29.6. The van der Waals surface area contributed by atoms with E-state index in [0.29, 0.717) is 0 Å². The van der Waals surface area contributed by atoms with Crippen LogP contribution < -0.4 is 0 Å². The van der Waals surface area contributed by atoms with Gasteiger partial charge in [0.15, 0.2) is 0 Å². The summed E-state index contributed by atoms with van der Waals surface area (Å²) in [5.41, 5.74) is 14.3. The topological polar surface area (TPSA) is 13.1 Å². The molecule has 11 aromatic carbocycles. The van der Waals surface area contributed by atoms with Gasteiger partial charge in [-0.1, -0.05) is 196 Å². The maximum Gasteiger partial charge on any atom is 0.143 e. The zero-order chi connectivity index (χ0) is 39.7. The van der Waals surface area contributed by atoms with Crippen LogP contribution in [-0.2, 0) is 5.41 Å². The SMILES string of the molecule is CC1(C)c2ccccc2-c2c1cc1c(oc3ccc4ccccc4c31)c2-c1ccc(-c2c3ccccc3c(-c3cccc4ccccc34)c3ccccc23)c2ccccc12. The van der Waals surface area contributed by atoms with Gasteiger partial charge in [-0.25, -0.2) is 0 Å². The van der Waals surface area contributed by atoms with E-state index in [4.69, 9.17) is 4.42 Å². The van der Waals surface area contributed by atoms with Gasteiger partial charge in [0.2, 0.25) is 0 Å². The quantitative estimate of drug-likeness (QED) is 0.163. The van der Waals surface area contributed by atoms with Gasteiger partial charge in [0.1, 0.15) is 11.2 Å². The molecule has 1 aliphatic carbocycles. The predicted octanol–water partition coefficient (Wildman–Crippen LogP) is 16.7. The molecule has 1 nitrogen and oxygen atoms in total. The van der Waals surface area contributed by atoms with Crippen molar-refractivity contribution in [2.45, 2.75) is 19.3 Å². The van der Waals surface area contributed by atoms with Crippen LogP contribution in [0, 0.1) is 0 Å². The van der Waals surface area contributed by atoms with Crippen molar-refractivity contribution in [1.82, 2.24) is 0 Å². The summed E-state index contributed by atoms with van der Waals surface area (Å²) < 4.78 is 7.12. The molecule has 0 unspecified atom stereocenters. The summed E-state index contributed by atoms with van der Waals surface area (Å²) in [5, 5.41) is 14.8. The standard InChI is InChI=1S/C59H38O/c1-59(2)50-29-14-13-27-48(50)56-51(59)34-49-55-38-20-6-4-17-36(38)30-33-52(55)60-58(49)57(56)47-32-31-46(39-21-7-8-22-40(39)47)54-44-25-11-9-23-42(44)53(43-24-10-12-26-45(43)54)41-28-15-18-35-16-3-5-19-37(35)41/h3-34H,1-2H3. The fourth-order valence-corrected chi connectivity index (χ4v) is 11.0. The van der Waals surface area contributed by atoms with Gasteiger partial charge in [0.05, 0.1) is 0 Å². The molecule has 0 spiro atoms. The van der Waals surface area contributed by atoms with Crippen molar-refractivity contribution in [1.29, 1.82) is 0 Å². The molecule has 13 rings (SSSR count). The molecule has 0 amide bonds. The lowest BCUT2D eigenvalue weighted by Gasteiger charge is -2.23. The van der Waals surface area contributed by atoms with Gasteiger partial charge in [0, 0.05) is 21.8 Å². The summed E-state index contributed by atoms with van der Waals surface area (Å²) in [7, 11) is 0. The minimum absolute atomic E-state index is 0.192. The summed E-state index contributed by atoms with van der Waals surface area (Å²) in [6.45, 7) is 4.76. The highest BCUT2D eigenvalue weighted by Gasteiger charge is 2.39. The summed E-state index contributed by atoms with van der Waals surface area (Å²) in [6, 6.07) is 71.8. The zero-order valence-electron chi connectivity index (χ0n) is 33.4. The first-order valence-corrected chi connectivity index (χ1v) is 21.0. The van der Waals surface area contributed by atoms with Crippen molar-refractivity contribution in [3.05, 3.63) is 205 Å². The summed E-state index contributed by atoms with van der Waals surface area (Å²) >= 11 is 0. The molecule has 1 aromatic heterocycles. The smallest absolute Gasteiger partial charge is 0.143 e. The normalized spacial score (nSPS) is 13.3. The molecule has 1 heterocycles. The van der Waals surface area contributed by atoms with E-state index < -0.39 is 0 Å². The van der Waals surface area contributed by atoms with Gasteiger partial charge in [0.25, 0.3) is 0 Å². The van der Waals surface area contributed by atoms with E-state index in [2.05, 4.69) is 208 Å². The van der Waals surface area contributed by atoms with Crippen molar-refractivity contribution in [3.8, 4) is 44.5 Å². The maximum absolute atomic E-state index is 7.12. The van der Waals surface area contributed by atoms with E-state index in [9.17, 15) is 0 Å². The molecule has 0 N–H and O–H groups in total. The molecule has 60 heavy (non-hydrogen) atoms. The third-order valence-corrected chi connectivity index (χ3v) is 13.6. The highest BCUT2D eigenvalue weighted by Crippen LogP contribution is 2.57. The second-order valence-electron chi connectivity index (χ2n) is 17.1. The Morgan fingerprint density at radius 2 is 0.783 bits per heavy atom. The largest absolute Gasteiger partial charge is 0.455 e. The van der Waals surface area contributed by atoms with E-state index >= 15 is 0 Å². The molecule has 1 aliphatic rings. The zero-order valence-corrected chi connectivity index (χ0v) is 33.4. The Kier molecular flexibility index (Phi) is 6.85. The number of furan rings is 1. The molecule has 280 valence electrons. The van der Waals surface area contributed by atoms with Crippen LogP contribution in [0.5, 0.6) is 0 Å². The van der Waals surface area contributed by atoms with Crippen LogP contribution >= 0.6 is 0 Å². The van der Waals surface area contributed by atoms with Crippen LogP contribution in [0.2, 0.25) is 0 Å². The van der Waals surface area contributed by atoms with Crippen LogP contribution in [0.15, 0.2) is 199 Å². The van der Waals surface area contributed by atoms with Crippen molar-refractivity contribution in [2.24, 2.45) is 0 Å². The molecule has 0 fully saturated rings. The average molecular weight is 763 g/mol. The Morgan fingerprint density at radius 3 is 1.43 bits per heavy atom. The lowest BCUT2D eigenvalue weighted by Crippen LogP contribution is -2.14. The fourth-order valence-electron chi connectivity index (χ4n) is 11.0. The number of benzene rings is 11. The van der Waals surface area contributed by atoms with Gasteiger partial charge in [-0.05, 0) is 116 Å². The number of rotatable bonds is 3. The molecule has 0 radical (unpaired) electrons. The molecular weight excluding hydrogens is 725 g/mol. The first-order valence-electron chi connectivity index (χ1n) is 21.0. The molecule has 12 aromatic rings. The summed E-state index contributed by atoms with van der Waals surface area (Å²) in [6.07, 6.45) is 0. The third kappa shape index (κ3) is 4.47. The van der Waals surface area contributed by atoms with E-state index in [0.717, 1.165) is 11.2 Å². The van der Waals surface area contributed by atoms with E-state index in [1.54, 1.807) is 0 Å². The van der Waals surface area contributed by atoms with Crippen molar-refractivity contribution in [3.63, 3.8) is 0 Å². The third-order valence-electron chi connectivity index (χ3n) is 13.6. The second-order valence-corrected chi connectivity index (χ2v) is 17.1. The van der Waals surface area contributed by atoms with Gasteiger partial charge >= 0.3 is 0 Å². The second kappa shape index (κ2) is 12.3. The molecule has 0 saturated heterocycles. The number of hydrogen-bond donors (Lipinski definition) is 0. The van der Waals surface area contributed by atoms with Gasteiger partial charge < -0.3 is 4.42 Å². The Labute approximate surface area is 347 Å². The van der Waals surface area contributed by atoms with E-state index in [-0.39, 0.29) is 5.41 Å². The molecule has 0 bridgehead atoms. The van der Waals surface area contributed by atoms with Gasteiger partial charge in [-0.3, -0.25) is 0 Å². The minimum atomic E-state index is -0.192. The van der Waals surface area contributed by atoms with E-state index in [1.807, 2.05) is 0 Å². The lowest BCUT2D eigenvalue weighted by atomic mass is 9.80.